The fourth-order valence-electron chi connectivity index (χ4n) is 1.16. The van der Waals surface area contributed by atoms with E-state index in [0.717, 1.165) is 11.3 Å². The van der Waals surface area contributed by atoms with Gasteiger partial charge < -0.3 is 0 Å². The maximum atomic E-state index is 11.2. The summed E-state index contributed by atoms with van der Waals surface area (Å²) in [6, 6.07) is 7.41. The number of benzene rings is 1. The number of hydrogen-bond acceptors (Lipinski definition) is 2. The summed E-state index contributed by atoms with van der Waals surface area (Å²) in [4.78, 5) is 15.3. The van der Waals surface area contributed by atoms with Gasteiger partial charge in [-0.05, 0) is 12.1 Å². The zero-order valence-electron chi connectivity index (χ0n) is 7.95. The minimum atomic E-state index is 0.163. The highest BCUT2D eigenvalue weighted by Crippen LogP contribution is 2.22. The van der Waals surface area contributed by atoms with Gasteiger partial charge in [-0.15, -0.1) is 0 Å². The van der Waals surface area contributed by atoms with Gasteiger partial charge in [-0.25, -0.2) is 0 Å². The molecule has 2 rings (SSSR count). The Hall–Kier alpha value is -1.44. The van der Waals surface area contributed by atoms with Crippen LogP contribution in [0.15, 0.2) is 29.3 Å². The van der Waals surface area contributed by atoms with E-state index in [2.05, 4.69) is 4.99 Å². The molecule has 2 nitrogen and oxygen atoms in total. The van der Waals surface area contributed by atoms with Gasteiger partial charge >= 0.3 is 0 Å². The quantitative estimate of drug-likeness (QED) is 0.596. The first-order valence-electron chi connectivity index (χ1n) is 4.53. The molecule has 0 saturated carbocycles. The van der Waals surface area contributed by atoms with Crippen molar-refractivity contribution in [1.82, 2.24) is 0 Å². The average Bonchev–Trinajstić information content (AvgIpc) is 2.22. The highest BCUT2D eigenvalue weighted by molar-refractivity contribution is 6.09. The van der Waals surface area contributed by atoms with Crippen molar-refractivity contribution < 1.29 is 4.79 Å². The Bertz CT molecular complexity index is 329. The second-order valence-corrected chi connectivity index (χ2v) is 2.46. The molecule has 13 heavy (non-hydrogen) atoms. The predicted molar refractivity (Wildman–Crippen MR) is 54.9 cm³/mol. The summed E-state index contributed by atoms with van der Waals surface area (Å²) in [7, 11) is 0. The Labute approximate surface area is 78.3 Å². The largest absolute Gasteiger partial charge is 0.294 e. The average molecular weight is 175 g/mol. The number of carbonyl (C=O) groups is 1. The van der Waals surface area contributed by atoms with Crippen molar-refractivity contribution >= 4 is 17.7 Å². The van der Waals surface area contributed by atoms with Gasteiger partial charge in [0, 0.05) is 18.2 Å². The lowest BCUT2D eigenvalue weighted by Crippen LogP contribution is -2.03. The number of ketones is 1. The number of Topliss-reactive ketones (excluding diaryl/α,β-unsaturated/α-hetero) is 1. The molecule has 0 amide bonds. The van der Waals surface area contributed by atoms with Crippen LogP contribution in [0.1, 0.15) is 30.6 Å². The lowest BCUT2D eigenvalue weighted by molar-refractivity contribution is 0.100. The van der Waals surface area contributed by atoms with Gasteiger partial charge in [0.05, 0.1) is 5.69 Å². The van der Waals surface area contributed by atoms with Gasteiger partial charge in [-0.2, -0.15) is 0 Å². The van der Waals surface area contributed by atoms with Crippen LogP contribution in [0, 0.1) is 0 Å². The normalized spacial score (nSPS) is 12.9. The summed E-state index contributed by atoms with van der Waals surface area (Å²) in [5, 5.41) is 0. The van der Waals surface area contributed by atoms with Crippen LogP contribution in [0.4, 0.5) is 5.69 Å². The number of para-hydroxylation sites is 1. The minimum Gasteiger partial charge on any atom is -0.294 e. The summed E-state index contributed by atoms with van der Waals surface area (Å²) >= 11 is 0. The van der Waals surface area contributed by atoms with Crippen LogP contribution in [0.5, 0.6) is 0 Å². The molecule has 0 radical (unpaired) electrons. The zero-order valence-corrected chi connectivity index (χ0v) is 7.95. The second kappa shape index (κ2) is 4.55. The van der Waals surface area contributed by atoms with E-state index >= 15 is 0 Å². The summed E-state index contributed by atoms with van der Waals surface area (Å²) in [5.41, 5.74) is 1.54. The van der Waals surface area contributed by atoms with Crippen LogP contribution in [0.2, 0.25) is 0 Å². The van der Waals surface area contributed by atoms with Gasteiger partial charge in [-0.1, -0.05) is 26.0 Å². The molecule has 0 unspecified atom stereocenters. The molecule has 0 aliphatic carbocycles. The maximum absolute atomic E-state index is 11.2. The van der Waals surface area contributed by atoms with Crippen LogP contribution in [-0.2, 0) is 0 Å². The molecule has 1 heterocycles. The summed E-state index contributed by atoms with van der Waals surface area (Å²) < 4.78 is 0. The molecular weight excluding hydrogens is 162 g/mol. The minimum absolute atomic E-state index is 0.163. The molecular formula is C11H13NO. The van der Waals surface area contributed by atoms with Crippen molar-refractivity contribution in [2.45, 2.75) is 20.3 Å². The molecule has 0 aromatic heterocycles. The smallest absolute Gasteiger partial charge is 0.170 e. The molecule has 68 valence electrons. The Morgan fingerprint density at radius 1 is 1.23 bits per heavy atom. The number of aliphatic imine (C=N–C) groups is 1. The molecule has 0 bridgehead atoms. The van der Waals surface area contributed by atoms with E-state index in [-0.39, 0.29) is 5.78 Å². The van der Waals surface area contributed by atoms with Crippen molar-refractivity contribution in [3.8, 4) is 0 Å². The van der Waals surface area contributed by atoms with E-state index in [1.54, 1.807) is 6.21 Å². The third-order valence-electron chi connectivity index (χ3n) is 1.71. The van der Waals surface area contributed by atoms with E-state index in [4.69, 9.17) is 0 Å². The standard InChI is InChI=1S/C9H7NO.C2H6/c11-9-5-6-10-8-4-2-1-3-7(8)9;1-2/h1-4,6H,5H2;1-2H3. The molecule has 1 aliphatic rings. The molecule has 2 heteroatoms. The lowest BCUT2D eigenvalue weighted by Gasteiger charge is -2.06. The van der Waals surface area contributed by atoms with Crippen LogP contribution >= 0.6 is 0 Å². The van der Waals surface area contributed by atoms with Crippen molar-refractivity contribution in [1.29, 1.82) is 0 Å². The second-order valence-electron chi connectivity index (χ2n) is 2.46. The van der Waals surface area contributed by atoms with Crippen LogP contribution in [0.25, 0.3) is 0 Å². The SMILES string of the molecule is CC.O=C1CC=Nc2ccccc21. The number of rotatable bonds is 0. The molecule has 1 aromatic carbocycles. The molecule has 0 fully saturated rings. The van der Waals surface area contributed by atoms with Gasteiger partial charge in [0.25, 0.3) is 0 Å². The van der Waals surface area contributed by atoms with E-state index in [1.165, 1.54) is 0 Å². The van der Waals surface area contributed by atoms with Gasteiger partial charge in [-0.3, -0.25) is 9.79 Å². The maximum Gasteiger partial charge on any atom is 0.170 e. The number of fused-ring (bicyclic) bond motifs is 1. The first kappa shape index (κ1) is 9.65. The molecule has 1 aliphatic heterocycles. The van der Waals surface area contributed by atoms with Crippen molar-refractivity contribution in [3.63, 3.8) is 0 Å². The monoisotopic (exact) mass is 175 g/mol. The summed E-state index contributed by atoms with van der Waals surface area (Å²) in [6.07, 6.45) is 2.10. The Kier molecular flexibility index (Phi) is 3.38. The van der Waals surface area contributed by atoms with E-state index in [0.29, 0.717) is 6.42 Å². The van der Waals surface area contributed by atoms with Crippen LogP contribution in [0.3, 0.4) is 0 Å². The third kappa shape index (κ3) is 2.02. The van der Waals surface area contributed by atoms with Gasteiger partial charge in [0.2, 0.25) is 0 Å². The fourth-order valence-corrected chi connectivity index (χ4v) is 1.16. The highest BCUT2D eigenvalue weighted by atomic mass is 16.1. The van der Waals surface area contributed by atoms with Crippen molar-refractivity contribution in [2.24, 2.45) is 4.99 Å². The number of hydrogen-bond donors (Lipinski definition) is 0. The van der Waals surface area contributed by atoms with Gasteiger partial charge in [0.1, 0.15) is 0 Å². The van der Waals surface area contributed by atoms with E-state index in [9.17, 15) is 4.79 Å². The summed E-state index contributed by atoms with van der Waals surface area (Å²) in [5.74, 6) is 0.163. The van der Waals surface area contributed by atoms with E-state index in [1.807, 2.05) is 38.1 Å². The third-order valence-corrected chi connectivity index (χ3v) is 1.71. The van der Waals surface area contributed by atoms with Crippen LogP contribution in [-0.4, -0.2) is 12.0 Å². The van der Waals surface area contributed by atoms with Crippen LogP contribution < -0.4 is 0 Å². The fraction of sp³-hybridized carbons (Fsp3) is 0.273. The lowest BCUT2D eigenvalue weighted by atomic mass is 10.0. The Morgan fingerprint density at radius 3 is 2.62 bits per heavy atom. The molecule has 0 N–H and O–H groups in total. The topological polar surface area (TPSA) is 29.4 Å². The molecule has 0 saturated heterocycles. The number of carbonyl (C=O) groups excluding carboxylic acids is 1. The summed E-state index contributed by atoms with van der Waals surface area (Å²) in [6.45, 7) is 4.00. The Morgan fingerprint density at radius 2 is 1.92 bits per heavy atom. The molecule has 0 atom stereocenters. The van der Waals surface area contributed by atoms with Crippen molar-refractivity contribution in [3.05, 3.63) is 29.8 Å². The van der Waals surface area contributed by atoms with E-state index < -0.39 is 0 Å². The van der Waals surface area contributed by atoms with Gasteiger partial charge in [0.15, 0.2) is 5.78 Å². The first-order chi connectivity index (χ1) is 6.38. The zero-order chi connectivity index (χ0) is 9.68. The predicted octanol–water partition coefficient (Wildman–Crippen LogP) is 3.00. The Balaban J connectivity index is 0.000000396. The molecule has 0 spiro atoms. The molecule has 1 aromatic rings. The van der Waals surface area contributed by atoms with Crippen molar-refractivity contribution in [2.75, 3.05) is 0 Å². The first-order valence-corrected chi connectivity index (χ1v) is 4.53. The number of nitrogens with zero attached hydrogens (tertiary/aromatic N) is 1. The highest BCUT2D eigenvalue weighted by Gasteiger charge is 2.11.